The van der Waals surface area contributed by atoms with E-state index in [2.05, 4.69) is 52.1 Å². The fourth-order valence-electron chi connectivity index (χ4n) is 2.68. The Kier molecular flexibility index (Phi) is 4.03. The van der Waals surface area contributed by atoms with E-state index in [9.17, 15) is 4.79 Å². The number of aliphatic carboxylic acids is 1. The second-order valence-electron chi connectivity index (χ2n) is 5.43. The number of aromatic nitrogens is 1. The van der Waals surface area contributed by atoms with Gasteiger partial charge in [-0.15, -0.1) is 0 Å². The summed E-state index contributed by atoms with van der Waals surface area (Å²) in [6, 6.07) is 14.3. The molecular formula is C18H16BrNO2. The van der Waals surface area contributed by atoms with Crippen molar-refractivity contribution in [3.05, 3.63) is 58.1 Å². The molecule has 0 saturated heterocycles. The van der Waals surface area contributed by atoms with E-state index in [-0.39, 0.29) is 6.42 Å². The number of hydrogen-bond acceptors (Lipinski definition) is 1. The predicted octanol–water partition coefficient (Wildman–Crippen LogP) is 4.92. The average molecular weight is 358 g/mol. The van der Waals surface area contributed by atoms with Crippen LogP contribution >= 0.6 is 15.9 Å². The number of carbonyl (C=O) groups is 1. The van der Waals surface area contributed by atoms with Crippen LogP contribution in [0.1, 0.15) is 17.5 Å². The quantitative estimate of drug-likeness (QED) is 0.695. The summed E-state index contributed by atoms with van der Waals surface area (Å²) in [5.41, 5.74) is 5.38. The van der Waals surface area contributed by atoms with Crippen molar-refractivity contribution in [3.63, 3.8) is 0 Å². The topological polar surface area (TPSA) is 53.1 Å². The third-order valence-corrected chi connectivity index (χ3v) is 4.29. The van der Waals surface area contributed by atoms with Gasteiger partial charge in [-0.05, 0) is 42.7 Å². The molecule has 22 heavy (non-hydrogen) atoms. The van der Waals surface area contributed by atoms with Gasteiger partial charge in [-0.25, -0.2) is 0 Å². The summed E-state index contributed by atoms with van der Waals surface area (Å²) in [5.74, 6) is -0.779. The van der Waals surface area contributed by atoms with Crippen LogP contribution < -0.4 is 0 Å². The van der Waals surface area contributed by atoms with Crippen LogP contribution in [0.5, 0.6) is 0 Å². The standard InChI is InChI=1S/C18H16BrNO2/c1-11-2-4-12(5-3-11)18-14(7-9-17(21)22)15-10-13(19)6-8-16(15)20-18/h2-6,8,10,20H,7,9H2,1H3,(H,21,22). The normalized spacial score (nSPS) is 11.0. The highest BCUT2D eigenvalue weighted by Crippen LogP contribution is 2.33. The molecule has 0 bridgehead atoms. The van der Waals surface area contributed by atoms with E-state index in [0.717, 1.165) is 32.2 Å². The number of H-pyrrole nitrogens is 1. The van der Waals surface area contributed by atoms with Crippen LogP contribution in [-0.4, -0.2) is 16.1 Å². The van der Waals surface area contributed by atoms with Crippen molar-refractivity contribution in [2.45, 2.75) is 19.8 Å². The van der Waals surface area contributed by atoms with Gasteiger partial charge in [0.25, 0.3) is 0 Å². The Morgan fingerprint density at radius 1 is 1.18 bits per heavy atom. The first-order valence-corrected chi connectivity index (χ1v) is 7.93. The lowest BCUT2D eigenvalue weighted by atomic mass is 10.0. The molecule has 0 radical (unpaired) electrons. The number of hydrogen-bond donors (Lipinski definition) is 2. The highest BCUT2D eigenvalue weighted by atomic mass is 79.9. The van der Waals surface area contributed by atoms with Crippen LogP contribution in [0.2, 0.25) is 0 Å². The van der Waals surface area contributed by atoms with Gasteiger partial charge in [0, 0.05) is 27.5 Å². The van der Waals surface area contributed by atoms with Crippen molar-refractivity contribution in [1.29, 1.82) is 0 Å². The zero-order chi connectivity index (χ0) is 15.7. The monoisotopic (exact) mass is 357 g/mol. The van der Waals surface area contributed by atoms with E-state index in [0.29, 0.717) is 6.42 Å². The van der Waals surface area contributed by atoms with Crippen LogP contribution in [0.15, 0.2) is 46.9 Å². The van der Waals surface area contributed by atoms with Crippen molar-refractivity contribution in [2.24, 2.45) is 0 Å². The molecule has 1 aromatic heterocycles. The molecule has 0 unspecified atom stereocenters. The molecule has 3 rings (SSSR count). The minimum atomic E-state index is -0.779. The molecule has 0 saturated carbocycles. The molecule has 0 aliphatic rings. The number of aromatic amines is 1. The first-order valence-electron chi connectivity index (χ1n) is 7.13. The van der Waals surface area contributed by atoms with Crippen LogP contribution in [-0.2, 0) is 11.2 Å². The van der Waals surface area contributed by atoms with Crippen molar-refractivity contribution < 1.29 is 9.90 Å². The van der Waals surface area contributed by atoms with Crippen molar-refractivity contribution in [2.75, 3.05) is 0 Å². The molecule has 0 aliphatic heterocycles. The summed E-state index contributed by atoms with van der Waals surface area (Å²) in [6.07, 6.45) is 0.632. The lowest BCUT2D eigenvalue weighted by Gasteiger charge is -2.05. The van der Waals surface area contributed by atoms with Crippen molar-refractivity contribution >= 4 is 32.8 Å². The van der Waals surface area contributed by atoms with Gasteiger partial charge in [0.15, 0.2) is 0 Å². The third-order valence-electron chi connectivity index (χ3n) is 3.80. The third kappa shape index (κ3) is 2.92. The number of rotatable bonds is 4. The second kappa shape index (κ2) is 5.97. The Morgan fingerprint density at radius 3 is 2.59 bits per heavy atom. The van der Waals surface area contributed by atoms with Gasteiger partial charge in [-0.2, -0.15) is 0 Å². The first-order chi connectivity index (χ1) is 10.5. The van der Waals surface area contributed by atoms with Gasteiger partial charge in [-0.1, -0.05) is 45.8 Å². The lowest BCUT2D eigenvalue weighted by molar-refractivity contribution is -0.136. The van der Waals surface area contributed by atoms with Gasteiger partial charge in [0.1, 0.15) is 0 Å². The van der Waals surface area contributed by atoms with Gasteiger partial charge in [0.05, 0.1) is 0 Å². The van der Waals surface area contributed by atoms with E-state index >= 15 is 0 Å². The minimum absolute atomic E-state index is 0.123. The predicted molar refractivity (Wildman–Crippen MR) is 92.1 cm³/mol. The number of nitrogens with one attached hydrogen (secondary N) is 1. The maximum atomic E-state index is 11.0. The van der Waals surface area contributed by atoms with Crippen molar-refractivity contribution in [3.8, 4) is 11.3 Å². The summed E-state index contributed by atoms with van der Waals surface area (Å²) in [4.78, 5) is 14.4. The molecule has 0 atom stereocenters. The second-order valence-corrected chi connectivity index (χ2v) is 6.34. The smallest absolute Gasteiger partial charge is 0.303 e. The number of carboxylic acid groups (broad SMARTS) is 1. The molecular weight excluding hydrogens is 342 g/mol. The molecule has 0 spiro atoms. The van der Waals surface area contributed by atoms with Crippen LogP contribution in [0.3, 0.4) is 0 Å². The Morgan fingerprint density at radius 2 is 1.91 bits per heavy atom. The van der Waals surface area contributed by atoms with E-state index in [1.807, 2.05) is 18.2 Å². The molecule has 0 aliphatic carbocycles. The molecule has 1 heterocycles. The van der Waals surface area contributed by atoms with Gasteiger partial charge in [-0.3, -0.25) is 4.79 Å². The zero-order valence-corrected chi connectivity index (χ0v) is 13.8. The molecule has 3 nitrogen and oxygen atoms in total. The van der Waals surface area contributed by atoms with Crippen LogP contribution in [0.4, 0.5) is 0 Å². The first kappa shape index (κ1) is 14.9. The number of fused-ring (bicyclic) bond motifs is 1. The number of benzene rings is 2. The Labute approximate surface area is 137 Å². The Hall–Kier alpha value is -2.07. The average Bonchev–Trinajstić information content (AvgIpc) is 2.83. The van der Waals surface area contributed by atoms with E-state index < -0.39 is 5.97 Å². The fraction of sp³-hybridized carbons (Fsp3) is 0.167. The van der Waals surface area contributed by atoms with Gasteiger partial charge < -0.3 is 10.1 Å². The molecule has 0 fully saturated rings. The summed E-state index contributed by atoms with van der Waals surface area (Å²) in [5, 5.41) is 10.1. The maximum Gasteiger partial charge on any atom is 0.303 e. The molecule has 3 aromatic rings. The molecule has 0 amide bonds. The van der Waals surface area contributed by atoms with Gasteiger partial charge >= 0.3 is 5.97 Å². The molecule has 2 aromatic carbocycles. The summed E-state index contributed by atoms with van der Waals surface area (Å²) in [6.45, 7) is 2.05. The largest absolute Gasteiger partial charge is 0.481 e. The minimum Gasteiger partial charge on any atom is -0.481 e. The van der Waals surface area contributed by atoms with Crippen LogP contribution in [0.25, 0.3) is 22.2 Å². The summed E-state index contributed by atoms with van der Waals surface area (Å²) >= 11 is 3.49. The maximum absolute atomic E-state index is 11.0. The zero-order valence-electron chi connectivity index (χ0n) is 12.2. The summed E-state index contributed by atoms with van der Waals surface area (Å²) in [7, 11) is 0. The highest BCUT2D eigenvalue weighted by molar-refractivity contribution is 9.10. The highest BCUT2D eigenvalue weighted by Gasteiger charge is 2.14. The Balaban J connectivity index is 2.16. The molecule has 2 N–H and O–H groups in total. The molecule has 4 heteroatoms. The van der Waals surface area contributed by atoms with E-state index in [4.69, 9.17) is 5.11 Å². The van der Waals surface area contributed by atoms with Gasteiger partial charge in [0.2, 0.25) is 0 Å². The van der Waals surface area contributed by atoms with E-state index in [1.165, 1.54) is 5.56 Å². The number of halogens is 1. The number of aryl methyl sites for hydroxylation is 2. The van der Waals surface area contributed by atoms with Crippen LogP contribution in [0, 0.1) is 6.92 Å². The SMILES string of the molecule is Cc1ccc(-c2[nH]c3ccc(Br)cc3c2CCC(=O)O)cc1. The number of carboxylic acids is 1. The fourth-order valence-corrected chi connectivity index (χ4v) is 3.04. The lowest BCUT2D eigenvalue weighted by Crippen LogP contribution is -1.98. The van der Waals surface area contributed by atoms with E-state index in [1.54, 1.807) is 0 Å². The summed E-state index contributed by atoms with van der Waals surface area (Å²) < 4.78 is 0.992. The van der Waals surface area contributed by atoms with Crippen molar-refractivity contribution in [1.82, 2.24) is 4.98 Å². The Bertz CT molecular complexity index is 834. The molecule has 112 valence electrons.